The minimum atomic E-state index is 0.587. The van der Waals surface area contributed by atoms with Crippen molar-refractivity contribution in [2.45, 2.75) is 0 Å². The molecule has 4 aromatic rings. The molecule has 0 spiro atoms. The summed E-state index contributed by atoms with van der Waals surface area (Å²) in [5.74, 6) is 1.17. The normalized spacial score (nSPS) is 12.5. The Morgan fingerprint density at radius 1 is 0.583 bits per heavy atom. The second-order valence-corrected chi connectivity index (χ2v) is 5.14. The summed E-state index contributed by atoms with van der Waals surface area (Å²) in [6.45, 7) is 0. The van der Waals surface area contributed by atoms with Crippen molar-refractivity contribution in [3.8, 4) is 0 Å². The summed E-state index contributed by atoms with van der Waals surface area (Å²) in [6.07, 6.45) is 11.2. The van der Waals surface area contributed by atoms with E-state index in [4.69, 9.17) is 8.83 Å². The van der Waals surface area contributed by atoms with Gasteiger partial charge in [-0.3, -0.25) is 0 Å². The Labute approximate surface area is 138 Å². The van der Waals surface area contributed by atoms with Crippen molar-refractivity contribution in [3.05, 3.63) is 84.6 Å². The highest BCUT2D eigenvalue weighted by Crippen LogP contribution is 2.16. The summed E-state index contributed by atoms with van der Waals surface area (Å²) in [6, 6.07) is 15.4. The van der Waals surface area contributed by atoms with Crippen LogP contribution in [0.4, 0.5) is 0 Å². The number of allylic oxidation sites excluding steroid dienone is 4. The fourth-order valence-electron chi connectivity index (χ4n) is 2.33. The molecule has 0 saturated carbocycles. The SMILES string of the molecule is C(=CC=Cc1nc2ccccc2o1)C=Cc1nc2ccccc2o1. The molecule has 2 heterocycles. The first-order valence-corrected chi connectivity index (χ1v) is 7.61. The van der Waals surface area contributed by atoms with E-state index in [-0.39, 0.29) is 0 Å². The Hall–Kier alpha value is -3.40. The van der Waals surface area contributed by atoms with Gasteiger partial charge in [0.05, 0.1) is 0 Å². The van der Waals surface area contributed by atoms with Gasteiger partial charge in [0.1, 0.15) is 11.0 Å². The lowest BCUT2D eigenvalue weighted by Crippen LogP contribution is -1.68. The van der Waals surface area contributed by atoms with Crippen molar-refractivity contribution in [1.82, 2.24) is 9.97 Å². The van der Waals surface area contributed by atoms with Crippen molar-refractivity contribution < 1.29 is 8.83 Å². The Balaban J connectivity index is 1.41. The molecule has 0 bridgehead atoms. The molecule has 0 unspecified atom stereocenters. The molecule has 0 atom stereocenters. The molecule has 0 aliphatic heterocycles. The predicted octanol–water partition coefficient (Wildman–Crippen LogP) is 5.25. The minimum Gasteiger partial charge on any atom is -0.437 e. The van der Waals surface area contributed by atoms with E-state index in [9.17, 15) is 0 Å². The van der Waals surface area contributed by atoms with Crippen LogP contribution in [0.25, 0.3) is 34.4 Å². The highest BCUT2D eigenvalue weighted by Gasteiger charge is 2.00. The van der Waals surface area contributed by atoms with Crippen LogP contribution in [0.1, 0.15) is 11.8 Å². The Morgan fingerprint density at radius 3 is 1.50 bits per heavy atom. The molecule has 0 aliphatic carbocycles. The number of rotatable bonds is 4. The van der Waals surface area contributed by atoms with Gasteiger partial charge in [-0.2, -0.15) is 0 Å². The molecule has 0 radical (unpaired) electrons. The highest BCUT2D eigenvalue weighted by atomic mass is 16.4. The quantitative estimate of drug-likeness (QED) is 0.483. The largest absolute Gasteiger partial charge is 0.437 e. The predicted molar refractivity (Wildman–Crippen MR) is 95.2 cm³/mol. The molecule has 0 amide bonds. The van der Waals surface area contributed by atoms with Crippen molar-refractivity contribution in [2.24, 2.45) is 0 Å². The smallest absolute Gasteiger partial charge is 0.219 e. The maximum Gasteiger partial charge on any atom is 0.219 e. The fourth-order valence-corrected chi connectivity index (χ4v) is 2.33. The van der Waals surface area contributed by atoms with Gasteiger partial charge in [0, 0.05) is 12.2 Å². The summed E-state index contributed by atoms with van der Waals surface area (Å²) >= 11 is 0. The Morgan fingerprint density at radius 2 is 1.04 bits per heavy atom. The zero-order valence-corrected chi connectivity index (χ0v) is 12.8. The third-order valence-corrected chi connectivity index (χ3v) is 3.43. The van der Waals surface area contributed by atoms with Crippen molar-refractivity contribution >= 4 is 34.4 Å². The third kappa shape index (κ3) is 3.03. The first-order chi connectivity index (χ1) is 11.9. The van der Waals surface area contributed by atoms with Crippen LogP contribution in [0.2, 0.25) is 0 Å². The second kappa shape index (κ2) is 6.38. The summed E-state index contributed by atoms with van der Waals surface area (Å²) < 4.78 is 11.2. The van der Waals surface area contributed by atoms with Crippen LogP contribution >= 0.6 is 0 Å². The summed E-state index contributed by atoms with van der Waals surface area (Å²) in [5.41, 5.74) is 3.29. The van der Waals surface area contributed by atoms with E-state index in [2.05, 4.69) is 9.97 Å². The van der Waals surface area contributed by atoms with Crippen molar-refractivity contribution in [2.75, 3.05) is 0 Å². The van der Waals surface area contributed by atoms with Gasteiger partial charge >= 0.3 is 0 Å². The first kappa shape index (κ1) is 14.2. The van der Waals surface area contributed by atoms with E-state index in [0.29, 0.717) is 11.8 Å². The highest BCUT2D eigenvalue weighted by molar-refractivity contribution is 5.74. The maximum atomic E-state index is 5.60. The lowest BCUT2D eigenvalue weighted by molar-refractivity contribution is 0.589. The molecule has 116 valence electrons. The number of para-hydroxylation sites is 4. The van der Waals surface area contributed by atoms with Gasteiger partial charge in [0.15, 0.2) is 11.2 Å². The van der Waals surface area contributed by atoms with Crippen LogP contribution in [0, 0.1) is 0 Å². The topological polar surface area (TPSA) is 52.1 Å². The van der Waals surface area contributed by atoms with Crippen molar-refractivity contribution in [3.63, 3.8) is 0 Å². The third-order valence-electron chi connectivity index (χ3n) is 3.43. The van der Waals surface area contributed by atoms with Gasteiger partial charge in [-0.1, -0.05) is 48.6 Å². The van der Waals surface area contributed by atoms with Crippen LogP contribution in [0.5, 0.6) is 0 Å². The van der Waals surface area contributed by atoms with Gasteiger partial charge in [-0.05, 0) is 24.3 Å². The molecule has 0 fully saturated rings. The van der Waals surface area contributed by atoms with Crippen LogP contribution in [-0.2, 0) is 0 Å². The van der Waals surface area contributed by atoms with E-state index in [1.54, 1.807) is 0 Å². The lowest BCUT2D eigenvalue weighted by atomic mass is 10.3. The number of aromatic nitrogens is 2. The van der Waals surface area contributed by atoms with Crippen LogP contribution in [0.3, 0.4) is 0 Å². The maximum absolute atomic E-state index is 5.60. The van der Waals surface area contributed by atoms with Gasteiger partial charge in [-0.25, -0.2) is 9.97 Å². The van der Waals surface area contributed by atoms with Gasteiger partial charge in [0.2, 0.25) is 11.8 Å². The number of hydrogen-bond donors (Lipinski definition) is 0. The number of oxazole rings is 2. The standard InChI is InChI=1S/C20H14N2O2/c1(3-13-19-21-15-9-5-7-11-17(15)23-19)2-4-14-20-22-16-10-6-8-12-18(16)24-20/h1-14H. The van der Waals surface area contributed by atoms with E-state index in [1.807, 2.05) is 85.0 Å². The molecule has 24 heavy (non-hydrogen) atoms. The summed E-state index contributed by atoms with van der Waals surface area (Å²) in [5, 5.41) is 0. The van der Waals surface area contributed by atoms with E-state index in [0.717, 1.165) is 22.2 Å². The molecule has 4 nitrogen and oxygen atoms in total. The second-order valence-electron chi connectivity index (χ2n) is 5.14. The van der Waals surface area contributed by atoms with Crippen LogP contribution < -0.4 is 0 Å². The van der Waals surface area contributed by atoms with E-state index in [1.165, 1.54) is 0 Å². The summed E-state index contributed by atoms with van der Waals surface area (Å²) in [7, 11) is 0. The molecular formula is C20H14N2O2. The molecule has 0 aliphatic rings. The fraction of sp³-hybridized carbons (Fsp3) is 0. The van der Waals surface area contributed by atoms with Crippen LogP contribution in [-0.4, -0.2) is 9.97 Å². The number of hydrogen-bond acceptors (Lipinski definition) is 4. The zero-order chi connectivity index (χ0) is 16.2. The monoisotopic (exact) mass is 314 g/mol. The first-order valence-electron chi connectivity index (χ1n) is 7.61. The van der Waals surface area contributed by atoms with Crippen molar-refractivity contribution in [1.29, 1.82) is 0 Å². The number of fused-ring (bicyclic) bond motifs is 2. The Bertz CT molecular complexity index is 915. The molecule has 2 aromatic heterocycles. The minimum absolute atomic E-state index is 0.587. The van der Waals surface area contributed by atoms with Gasteiger partial charge in [-0.15, -0.1) is 0 Å². The van der Waals surface area contributed by atoms with E-state index < -0.39 is 0 Å². The zero-order valence-electron chi connectivity index (χ0n) is 12.8. The average Bonchev–Trinajstić information content (AvgIpc) is 3.20. The Kier molecular flexibility index (Phi) is 3.78. The molecule has 4 rings (SSSR count). The molecule has 4 heteroatoms. The average molecular weight is 314 g/mol. The van der Waals surface area contributed by atoms with E-state index >= 15 is 0 Å². The molecule has 0 saturated heterocycles. The molecule has 2 aromatic carbocycles. The van der Waals surface area contributed by atoms with Gasteiger partial charge in [0.25, 0.3) is 0 Å². The molecule has 0 N–H and O–H groups in total. The van der Waals surface area contributed by atoms with Gasteiger partial charge < -0.3 is 8.83 Å². The lowest BCUT2D eigenvalue weighted by Gasteiger charge is -1.81. The number of nitrogens with zero attached hydrogens (tertiary/aromatic N) is 2. The summed E-state index contributed by atoms with van der Waals surface area (Å²) in [4.78, 5) is 8.74. The molecular weight excluding hydrogens is 300 g/mol. The van der Waals surface area contributed by atoms with Crippen LogP contribution in [0.15, 0.2) is 81.7 Å². The number of benzene rings is 2.